The fourth-order valence-electron chi connectivity index (χ4n) is 2.26. The number of halogens is 3. The summed E-state index contributed by atoms with van der Waals surface area (Å²) in [5, 5.41) is 0. The fraction of sp³-hybridized carbons (Fsp3) is 0. The van der Waals surface area contributed by atoms with Crippen molar-refractivity contribution < 1.29 is 25.8 Å². The van der Waals surface area contributed by atoms with Crippen LogP contribution >= 0.6 is 0 Å². The van der Waals surface area contributed by atoms with Crippen LogP contribution < -0.4 is 4.18 Å². The van der Waals surface area contributed by atoms with Gasteiger partial charge in [0, 0.05) is 5.56 Å². The standard InChI is InChI=1S/C18H11F3O3S/c19-14-10-11-16(18(21)17(14)20)25(22,23)24-15-9-5-4-8-13(15)12-6-2-1-3-7-12/h1-11H. The minimum absolute atomic E-state index is 0.0576. The molecule has 128 valence electrons. The number of hydrogen-bond acceptors (Lipinski definition) is 3. The van der Waals surface area contributed by atoms with Crippen LogP contribution in [0.4, 0.5) is 13.2 Å². The summed E-state index contributed by atoms with van der Waals surface area (Å²) >= 11 is 0. The van der Waals surface area contributed by atoms with E-state index in [0.717, 1.165) is 0 Å². The summed E-state index contributed by atoms with van der Waals surface area (Å²) in [6, 6.07) is 16.2. The molecule has 0 fully saturated rings. The summed E-state index contributed by atoms with van der Waals surface area (Å²) in [4.78, 5) is -1.07. The lowest BCUT2D eigenvalue weighted by Gasteiger charge is -2.12. The highest BCUT2D eigenvalue weighted by molar-refractivity contribution is 7.87. The quantitative estimate of drug-likeness (QED) is 0.504. The maximum absolute atomic E-state index is 13.8. The van der Waals surface area contributed by atoms with Crippen molar-refractivity contribution in [2.45, 2.75) is 4.90 Å². The molecular formula is C18H11F3O3S. The molecule has 3 rings (SSSR count). The number of para-hydroxylation sites is 1. The van der Waals surface area contributed by atoms with Crippen molar-refractivity contribution in [3.8, 4) is 16.9 Å². The first-order chi connectivity index (χ1) is 11.9. The zero-order chi connectivity index (χ0) is 18.0. The van der Waals surface area contributed by atoms with Crippen LogP contribution in [0.1, 0.15) is 0 Å². The molecule has 0 saturated carbocycles. The lowest BCUT2D eigenvalue weighted by Crippen LogP contribution is -2.13. The van der Waals surface area contributed by atoms with Crippen LogP contribution in [-0.4, -0.2) is 8.42 Å². The Morgan fingerprint density at radius 1 is 0.720 bits per heavy atom. The maximum atomic E-state index is 13.8. The van der Waals surface area contributed by atoms with Crippen molar-refractivity contribution in [3.63, 3.8) is 0 Å². The molecule has 0 unspecified atom stereocenters. The van der Waals surface area contributed by atoms with Crippen LogP contribution in [0.5, 0.6) is 5.75 Å². The van der Waals surface area contributed by atoms with Crippen molar-refractivity contribution in [1.29, 1.82) is 0 Å². The molecule has 0 aromatic heterocycles. The smallest absolute Gasteiger partial charge is 0.342 e. The second-order valence-corrected chi connectivity index (χ2v) is 6.59. The first-order valence-electron chi connectivity index (χ1n) is 7.12. The molecule has 0 heterocycles. The van der Waals surface area contributed by atoms with Gasteiger partial charge in [0.2, 0.25) is 0 Å². The van der Waals surface area contributed by atoms with E-state index in [-0.39, 0.29) is 5.75 Å². The van der Waals surface area contributed by atoms with E-state index in [1.807, 2.05) is 0 Å². The van der Waals surface area contributed by atoms with Gasteiger partial charge in [0.15, 0.2) is 23.2 Å². The van der Waals surface area contributed by atoms with Gasteiger partial charge in [-0.3, -0.25) is 0 Å². The third-order valence-corrected chi connectivity index (χ3v) is 4.69. The minimum atomic E-state index is -4.70. The molecule has 0 atom stereocenters. The van der Waals surface area contributed by atoms with Crippen molar-refractivity contribution in [2.24, 2.45) is 0 Å². The second-order valence-electron chi connectivity index (χ2n) is 5.07. The highest BCUT2D eigenvalue weighted by Gasteiger charge is 2.26. The topological polar surface area (TPSA) is 43.4 Å². The van der Waals surface area contributed by atoms with E-state index < -0.39 is 32.5 Å². The van der Waals surface area contributed by atoms with Crippen LogP contribution in [0.15, 0.2) is 71.6 Å². The molecular weight excluding hydrogens is 353 g/mol. The van der Waals surface area contributed by atoms with Crippen LogP contribution in [-0.2, 0) is 10.1 Å². The molecule has 0 bridgehead atoms. The lowest BCUT2D eigenvalue weighted by molar-refractivity contribution is 0.423. The van der Waals surface area contributed by atoms with Crippen LogP contribution in [0.2, 0.25) is 0 Å². The van der Waals surface area contributed by atoms with Gasteiger partial charge in [-0.1, -0.05) is 48.5 Å². The Kier molecular flexibility index (Phi) is 4.50. The van der Waals surface area contributed by atoms with Crippen molar-refractivity contribution in [1.82, 2.24) is 0 Å². The number of rotatable bonds is 4. The predicted octanol–water partition coefficient (Wildman–Crippen LogP) is 4.54. The highest BCUT2D eigenvalue weighted by atomic mass is 32.2. The van der Waals surface area contributed by atoms with Gasteiger partial charge in [0.1, 0.15) is 4.90 Å². The lowest BCUT2D eigenvalue weighted by atomic mass is 10.1. The number of benzene rings is 3. The van der Waals surface area contributed by atoms with Gasteiger partial charge in [-0.15, -0.1) is 0 Å². The highest BCUT2D eigenvalue weighted by Crippen LogP contribution is 2.32. The van der Waals surface area contributed by atoms with Gasteiger partial charge in [-0.2, -0.15) is 8.42 Å². The Hall–Kier alpha value is -2.80. The summed E-state index contributed by atoms with van der Waals surface area (Å²) < 4.78 is 69.8. The average Bonchev–Trinajstić information content (AvgIpc) is 2.60. The molecule has 0 aliphatic rings. The molecule has 0 aliphatic carbocycles. The molecule has 0 spiro atoms. The molecule has 0 N–H and O–H groups in total. The Morgan fingerprint density at radius 2 is 1.36 bits per heavy atom. The van der Waals surface area contributed by atoms with Crippen LogP contribution in [0, 0.1) is 17.5 Å². The summed E-state index contributed by atoms with van der Waals surface area (Å²) in [6.45, 7) is 0. The van der Waals surface area contributed by atoms with E-state index in [2.05, 4.69) is 0 Å². The van der Waals surface area contributed by atoms with Crippen molar-refractivity contribution in [3.05, 3.63) is 84.2 Å². The number of hydrogen-bond donors (Lipinski definition) is 0. The monoisotopic (exact) mass is 364 g/mol. The van der Waals surface area contributed by atoms with Gasteiger partial charge in [0.25, 0.3) is 0 Å². The molecule has 0 radical (unpaired) electrons. The molecule has 3 aromatic carbocycles. The average molecular weight is 364 g/mol. The molecule has 25 heavy (non-hydrogen) atoms. The van der Waals surface area contributed by atoms with E-state index in [1.54, 1.807) is 48.5 Å². The van der Waals surface area contributed by atoms with E-state index in [9.17, 15) is 21.6 Å². The molecule has 3 nitrogen and oxygen atoms in total. The van der Waals surface area contributed by atoms with Gasteiger partial charge < -0.3 is 4.18 Å². The molecule has 7 heteroatoms. The third-order valence-electron chi connectivity index (χ3n) is 3.44. The Labute approximate surface area is 142 Å². The van der Waals surface area contributed by atoms with Gasteiger partial charge >= 0.3 is 10.1 Å². The maximum Gasteiger partial charge on any atom is 0.342 e. The van der Waals surface area contributed by atoms with Crippen LogP contribution in [0.3, 0.4) is 0 Å². The van der Waals surface area contributed by atoms with E-state index in [0.29, 0.717) is 23.3 Å². The first kappa shape index (κ1) is 17.0. The van der Waals surface area contributed by atoms with Gasteiger partial charge in [-0.25, -0.2) is 13.2 Å². The molecule has 0 amide bonds. The summed E-state index contributed by atoms with van der Waals surface area (Å²) in [5.41, 5.74) is 1.13. The summed E-state index contributed by atoms with van der Waals surface area (Å²) in [7, 11) is -4.70. The zero-order valence-electron chi connectivity index (χ0n) is 12.6. The largest absolute Gasteiger partial charge is 0.378 e. The first-order valence-corrected chi connectivity index (χ1v) is 8.53. The van der Waals surface area contributed by atoms with Gasteiger partial charge in [0.05, 0.1) is 0 Å². The Morgan fingerprint density at radius 3 is 2.08 bits per heavy atom. The Bertz CT molecular complexity index is 1020. The van der Waals surface area contributed by atoms with Crippen molar-refractivity contribution in [2.75, 3.05) is 0 Å². The van der Waals surface area contributed by atoms with E-state index in [1.165, 1.54) is 6.07 Å². The third kappa shape index (κ3) is 3.36. The normalized spacial score (nSPS) is 11.3. The zero-order valence-corrected chi connectivity index (χ0v) is 13.4. The SMILES string of the molecule is O=S(=O)(Oc1ccccc1-c1ccccc1)c1ccc(F)c(F)c1F. The minimum Gasteiger partial charge on any atom is -0.378 e. The second kappa shape index (κ2) is 6.60. The van der Waals surface area contributed by atoms with Crippen LogP contribution in [0.25, 0.3) is 11.1 Å². The van der Waals surface area contributed by atoms with E-state index in [4.69, 9.17) is 4.18 Å². The summed E-state index contributed by atoms with van der Waals surface area (Å²) in [5.74, 6) is -5.24. The fourth-order valence-corrected chi connectivity index (χ4v) is 3.28. The predicted molar refractivity (Wildman–Crippen MR) is 86.0 cm³/mol. The molecule has 0 saturated heterocycles. The molecule has 3 aromatic rings. The Balaban J connectivity index is 2.05. The van der Waals surface area contributed by atoms with Crippen molar-refractivity contribution >= 4 is 10.1 Å². The molecule has 0 aliphatic heterocycles. The van der Waals surface area contributed by atoms with Gasteiger partial charge in [-0.05, 0) is 23.8 Å². The van der Waals surface area contributed by atoms with E-state index >= 15 is 0 Å². The summed E-state index contributed by atoms with van der Waals surface area (Å²) in [6.07, 6.45) is 0.